The third-order valence-corrected chi connectivity index (χ3v) is 5.13. The zero-order chi connectivity index (χ0) is 23.4. The number of esters is 1. The first-order valence-electron chi connectivity index (χ1n) is 10.6. The molecule has 3 N–H and O–H groups in total. The average Bonchev–Trinajstić information content (AvgIpc) is 2.80. The lowest BCUT2D eigenvalue weighted by atomic mass is 9.86. The lowest BCUT2D eigenvalue weighted by molar-refractivity contribution is -0.159. The average molecular weight is 443 g/mol. The van der Waals surface area contributed by atoms with Gasteiger partial charge in [-0.2, -0.15) is 0 Å². The van der Waals surface area contributed by atoms with Gasteiger partial charge in [-0.1, -0.05) is 55.5 Å². The van der Waals surface area contributed by atoms with E-state index in [1.165, 1.54) is 5.56 Å². The van der Waals surface area contributed by atoms with Crippen molar-refractivity contribution in [3.63, 3.8) is 0 Å². The molecule has 0 atom stereocenters. The van der Waals surface area contributed by atoms with Gasteiger partial charge in [0, 0.05) is 25.3 Å². The zero-order valence-electron chi connectivity index (χ0n) is 18.2. The summed E-state index contributed by atoms with van der Waals surface area (Å²) in [5.41, 5.74) is 1.64. The number of rotatable bonds is 7. The monoisotopic (exact) mass is 442 g/mol. The number of hydrogen-bond acceptors (Lipinski definition) is 6. The van der Waals surface area contributed by atoms with Crippen LogP contribution in [0.5, 0.6) is 0 Å². The second kappa shape index (κ2) is 12.5. The summed E-state index contributed by atoms with van der Waals surface area (Å²) in [5.74, 6) is -3.77. The first kappa shape index (κ1) is 24.9. The summed E-state index contributed by atoms with van der Waals surface area (Å²) in [7, 11) is 0. The molecule has 8 nitrogen and oxygen atoms in total. The Kier molecular flexibility index (Phi) is 9.69. The maximum Gasteiger partial charge on any atom is 0.414 e. The van der Waals surface area contributed by atoms with Gasteiger partial charge in [-0.3, -0.25) is 4.90 Å². The van der Waals surface area contributed by atoms with E-state index in [9.17, 15) is 4.79 Å². The first-order valence-corrected chi connectivity index (χ1v) is 10.6. The number of carboxylic acid groups (broad SMARTS) is 2. The summed E-state index contributed by atoms with van der Waals surface area (Å²) in [5, 5.41) is 18.3. The molecule has 0 spiro atoms. The molecule has 172 valence electrons. The number of nitrogens with one attached hydrogen (secondary N) is 1. The van der Waals surface area contributed by atoms with E-state index in [4.69, 9.17) is 24.5 Å². The highest BCUT2D eigenvalue weighted by Gasteiger charge is 2.42. The van der Waals surface area contributed by atoms with Crippen molar-refractivity contribution in [2.45, 2.75) is 38.3 Å². The molecule has 1 heterocycles. The van der Waals surface area contributed by atoms with E-state index in [0.29, 0.717) is 6.61 Å². The number of carbonyl (C=O) groups excluding carboxylic acids is 1. The van der Waals surface area contributed by atoms with Gasteiger partial charge < -0.3 is 20.3 Å². The van der Waals surface area contributed by atoms with Gasteiger partial charge >= 0.3 is 17.9 Å². The fraction of sp³-hybridized carbons (Fsp3) is 0.375. The molecule has 2 aromatic rings. The second-order valence-electron chi connectivity index (χ2n) is 7.58. The molecule has 0 aromatic heterocycles. The van der Waals surface area contributed by atoms with E-state index in [1.807, 2.05) is 43.3 Å². The van der Waals surface area contributed by atoms with E-state index in [0.717, 1.165) is 44.6 Å². The van der Waals surface area contributed by atoms with Gasteiger partial charge in [0.1, 0.15) is 5.54 Å². The molecule has 0 amide bonds. The number of hydrogen-bond donors (Lipinski definition) is 3. The quantitative estimate of drug-likeness (QED) is 0.442. The minimum Gasteiger partial charge on any atom is -0.473 e. The van der Waals surface area contributed by atoms with E-state index in [2.05, 4.69) is 34.5 Å². The Morgan fingerprint density at radius 2 is 1.47 bits per heavy atom. The van der Waals surface area contributed by atoms with Crippen LogP contribution in [0.4, 0.5) is 5.69 Å². The second-order valence-corrected chi connectivity index (χ2v) is 7.58. The Labute approximate surface area is 187 Å². The van der Waals surface area contributed by atoms with E-state index in [1.54, 1.807) is 0 Å². The molecule has 2 aromatic carbocycles. The Hall–Kier alpha value is -3.39. The normalized spacial score (nSPS) is 15.0. The minimum atomic E-state index is -1.82. The zero-order valence-corrected chi connectivity index (χ0v) is 18.2. The van der Waals surface area contributed by atoms with E-state index < -0.39 is 17.5 Å². The van der Waals surface area contributed by atoms with Gasteiger partial charge in [-0.05, 0) is 37.0 Å². The van der Waals surface area contributed by atoms with Crippen LogP contribution in [0.2, 0.25) is 0 Å². The van der Waals surface area contributed by atoms with Gasteiger partial charge in [0.2, 0.25) is 0 Å². The van der Waals surface area contributed by atoms with Crippen LogP contribution in [0, 0.1) is 0 Å². The molecule has 1 aliphatic rings. The third-order valence-electron chi connectivity index (χ3n) is 5.13. The van der Waals surface area contributed by atoms with Crippen molar-refractivity contribution in [1.82, 2.24) is 4.90 Å². The molecule has 0 radical (unpaired) electrons. The summed E-state index contributed by atoms with van der Waals surface area (Å²) in [6, 6.07) is 20.4. The fourth-order valence-corrected chi connectivity index (χ4v) is 3.45. The standard InChI is InChI=1S/C22H28N2O2.C2H2O4/c1-2-17-26-21(25)22(23-20-11-7-4-8-12-20)13-15-24(16-14-22)18-19-9-5-3-6-10-19;3-1(4)2(5)6/h3-12,23H,2,13-18H2,1H3;(H,3,4)(H,5,6). The molecule has 32 heavy (non-hydrogen) atoms. The van der Waals surface area contributed by atoms with Crippen molar-refractivity contribution in [3.05, 3.63) is 66.2 Å². The van der Waals surface area contributed by atoms with Crippen molar-refractivity contribution in [3.8, 4) is 0 Å². The van der Waals surface area contributed by atoms with Crippen molar-refractivity contribution < 1.29 is 29.3 Å². The first-order chi connectivity index (χ1) is 15.4. The highest BCUT2D eigenvalue weighted by molar-refractivity contribution is 6.27. The van der Waals surface area contributed by atoms with Crippen LogP contribution < -0.4 is 5.32 Å². The Morgan fingerprint density at radius 1 is 0.938 bits per heavy atom. The number of para-hydroxylation sites is 1. The predicted molar refractivity (Wildman–Crippen MR) is 120 cm³/mol. The Balaban J connectivity index is 0.000000534. The Bertz CT molecular complexity index is 853. The molecule has 0 bridgehead atoms. The van der Waals surface area contributed by atoms with Crippen molar-refractivity contribution >= 4 is 23.6 Å². The number of carboxylic acids is 2. The molecule has 0 unspecified atom stereocenters. The van der Waals surface area contributed by atoms with Crippen molar-refractivity contribution in [2.24, 2.45) is 0 Å². The summed E-state index contributed by atoms with van der Waals surface area (Å²) in [6.07, 6.45) is 2.34. The number of aliphatic carboxylic acids is 2. The molecule has 0 aliphatic carbocycles. The molecular weight excluding hydrogens is 412 g/mol. The minimum absolute atomic E-state index is 0.123. The van der Waals surface area contributed by atoms with Crippen LogP contribution >= 0.6 is 0 Å². The lowest BCUT2D eigenvalue weighted by Crippen LogP contribution is -2.55. The van der Waals surface area contributed by atoms with Gasteiger partial charge in [0.05, 0.1) is 6.61 Å². The summed E-state index contributed by atoms with van der Waals surface area (Å²) >= 11 is 0. The molecule has 3 rings (SSSR count). The largest absolute Gasteiger partial charge is 0.473 e. The molecule has 0 saturated carbocycles. The van der Waals surface area contributed by atoms with Gasteiger partial charge in [-0.15, -0.1) is 0 Å². The maximum atomic E-state index is 12.8. The van der Waals surface area contributed by atoms with Crippen LogP contribution in [0.3, 0.4) is 0 Å². The molecule has 1 saturated heterocycles. The van der Waals surface area contributed by atoms with Crippen LogP contribution in [-0.2, 0) is 25.7 Å². The maximum absolute atomic E-state index is 12.8. The number of likely N-dealkylation sites (tertiary alicyclic amines) is 1. The van der Waals surface area contributed by atoms with Gasteiger partial charge in [-0.25, -0.2) is 14.4 Å². The van der Waals surface area contributed by atoms with Crippen LogP contribution in [-0.4, -0.2) is 58.3 Å². The van der Waals surface area contributed by atoms with Crippen LogP contribution in [0.25, 0.3) is 0 Å². The lowest BCUT2D eigenvalue weighted by Gasteiger charge is -2.41. The highest BCUT2D eigenvalue weighted by atomic mass is 16.5. The molecule has 8 heteroatoms. The Morgan fingerprint density at radius 3 is 1.97 bits per heavy atom. The number of piperidine rings is 1. The highest BCUT2D eigenvalue weighted by Crippen LogP contribution is 2.29. The number of benzene rings is 2. The van der Waals surface area contributed by atoms with Gasteiger partial charge in [0.25, 0.3) is 0 Å². The topological polar surface area (TPSA) is 116 Å². The number of ether oxygens (including phenoxy) is 1. The molecule has 1 fully saturated rings. The smallest absolute Gasteiger partial charge is 0.414 e. The number of anilines is 1. The van der Waals surface area contributed by atoms with Gasteiger partial charge in [0.15, 0.2) is 0 Å². The number of nitrogens with zero attached hydrogens (tertiary/aromatic N) is 1. The van der Waals surface area contributed by atoms with Crippen LogP contribution in [0.1, 0.15) is 31.7 Å². The SMILES string of the molecule is CCCOC(=O)C1(Nc2ccccc2)CCN(Cc2ccccc2)CC1.O=C(O)C(=O)O. The predicted octanol–water partition coefficient (Wildman–Crippen LogP) is 3.24. The fourth-order valence-electron chi connectivity index (χ4n) is 3.45. The van der Waals surface area contributed by atoms with Crippen molar-refractivity contribution in [2.75, 3.05) is 25.0 Å². The summed E-state index contributed by atoms with van der Waals surface area (Å²) < 4.78 is 5.54. The molecule has 1 aliphatic heterocycles. The van der Waals surface area contributed by atoms with Crippen molar-refractivity contribution in [1.29, 1.82) is 0 Å². The van der Waals surface area contributed by atoms with Crippen LogP contribution in [0.15, 0.2) is 60.7 Å². The third kappa shape index (κ3) is 7.70. The molecular formula is C24H30N2O6. The number of carbonyl (C=O) groups is 3. The summed E-state index contributed by atoms with van der Waals surface area (Å²) in [4.78, 5) is 33.5. The van der Waals surface area contributed by atoms with E-state index in [-0.39, 0.29) is 5.97 Å². The summed E-state index contributed by atoms with van der Waals surface area (Å²) in [6.45, 7) is 5.16. The van der Waals surface area contributed by atoms with E-state index >= 15 is 0 Å².